The molecule has 34 heavy (non-hydrogen) atoms. The molecular weight excluding hydrogens is 448 g/mol. The Hall–Kier alpha value is -2.98. The van der Waals surface area contributed by atoms with E-state index in [0.717, 1.165) is 12.1 Å². The third-order valence-electron chi connectivity index (χ3n) is 4.67. The van der Waals surface area contributed by atoms with Gasteiger partial charge in [-0.15, -0.1) is 0 Å². The minimum atomic E-state index is -0.993. The highest BCUT2D eigenvalue weighted by Gasteiger charge is 2.29. The van der Waals surface area contributed by atoms with E-state index in [0.29, 0.717) is 25.7 Å². The molecule has 0 fully saturated rings. The van der Waals surface area contributed by atoms with E-state index in [9.17, 15) is 29.4 Å². The van der Waals surface area contributed by atoms with Crippen LogP contribution in [0.5, 0.6) is 0 Å². The Morgan fingerprint density at radius 1 is 0.618 bits per heavy atom. The Balaban J connectivity index is 3.54. The summed E-state index contributed by atoms with van der Waals surface area (Å²) in [5, 5.41) is 19.4. The van der Waals surface area contributed by atoms with Crippen molar-refractivity contribution in [1.82, 2.24) is 0 Å². The van der Waals surface area contributed by atoms with Crippen LogP contribution in [0.25, 0.3) is 0 Å². The quantitative estimate of drug-likeness (QED) is 0.300. The first-order valence-corrected chi connectivity index (χ1v) is 11.4. The van der Waals surface area contributed by atoms with Crippen molar-refractivity contribution in [3.63, 3.8) is 0 Å². The molecule has 2 atom stereocenters. The van der Waals surface area contributed by atoms with E-state index in [-0.39, 0.29) is 48.7 Å². The van der Waals surface area contributed by atoms with Gasteiger partial charge in [0.2, 0.25) is 0 Å². The van der Waals surface area contributed by atoms with E-state index in [1.165, 1.54) is 0 Å². The first-order chi connectivity index (χ1) is 16.2. The van der Waals surface area contributed by atoms with Crippen LogP contribution in [-0.2, 0) is 18.9 Å². The molecule has 0 spiro atoms. The van der Waals surface area contributed by atoms with Gasteiger partial charge in [0.1, 0.15) is 13.2 Å². The average Bonchev–Trinajstić information content (AvgIpc) is 2.85. The third-order valence-corrected chi connectivity index (χ3v) is 4.67. The molecule has 0 aliphatic heterocycles. The lowest BCUT2D eigenvalue weighted by Crippen LogP contribution is -2.24. The summed E-state index contributed by atoms with van der Waals surface area (Å²) in [5.41, 5.74) is -1.25. The molecule has 0 amide bonds. The largest absolute Gasteiger partial charge is 0.462 e. The summed E-state index contributed by atoms with van der Waals surface area (Å²) in [5.74, 6) is -3.77. The maximum absolute atomic E-state index is 12.8. The van der Waals surface area contributed by atoms with Gasteiger partial charge >= 0.3 is 23.9 Å². The van der Waals surface area contributed by atoms with Crippen molar-refractivity contribution < 1.29 is 48.3 Å². The van der Waals surface area contributed by atoms with Gasteiger partial charge in [-0.05, 0) is 37.8 Å². The summed E-state index contributed by atoms with van der Waals surface area (Å²) < 4.78 is 20.4. The van der Waals surface area contributed by atoms with Crippen LogP contribution in [0.15, 0.2) is 12.1 Å². The van der Waals surface area contributed by atoms with E-state index >= 15 is 0 Å². The molecule has 0 aromatic heterocycles. The van der Waals surface area contributed by atoms with Gasteiger partial charge < -0.3 is 29.2 Å². The number of benzene rings is 1. The van der Waals surface area contributed by atoms with Crippen molar-refractivity contribution in [3.05, 3.63) is 34.4 Å². The van der Waals surface area contributed by atoms with Gasteiger partial charge in [-0.25, -0.2) is 19.2 Å². The molecule has 0 aliphatic rings. The predicted molar refractivity (Wildman–Crippen MR) is 121 cm³/mol. The van der Waals surface area contributed by atoms with Crippen LogP contribution in [0.1, 0.15) is 94.8 Å². The first-order valence-electron chi connectivity index (χ1n) is 11.4. The Bertz CT molecular complexity index is 783. The number of hydrogen-bond acceptors (Lipinski definition) is 10. The first kappa shape index (κ1) is 29.1. The van der Waals surface area contributed by atoms with Crippen molar-refractivity contribution in [3.8, 4) is 0 Å². The van der Waals surface area contributed by atoms with Gasteiger partial charge in [0, 0.05) is 0 Å². The zero-order valence-corrected chi connectivity index (χ0v) is 20.1. The molecule has 0 bridgehead atoms. The average molecular weight is 483 g/mol. The van der Waals surface area contributed by atoms with Crippen molar-refractivity contribution in [2.75, 3.05) is 26.4 Å². The topological polar surface area (TPSA) is 146 Å². The number of aliphatic hydroxyl groups excluding tert-OH is 2. The molecule has 0 saturated heterocycles. The summed E-state index contributed by atoms with van der Waals surface area (Å²) in [7, 11) is 0. The zero-order valence-electron chi connectivity index (χ0n) is 20.1. The summed E-state index contributed by atoms with van der Waals surface area (Å²) >= 11 is 0. The number of ether oxygens (including phenoxy) is 4. The fraction of sp³-hybridized carbons (Fsp3) is 0.583. The van der Waals surface area contributed by atoms with Crippen LogP contribution in [0.3, 0.4) is 0 Å². The molecule has 2 N–H and O–H groups in total. The van der Waals surface area contributed by atoms with Gasteiger partial charge in [0.05, 0.1) is 47.7 Å². The highest BCUT2D eigenvalue weighted by Crippen LogP contribution is 2.22. The number of carbonyl (C=O) groups excluding carboxylic acids is 4. The summed E-state index contributed by atoms with van der Waals surface area (Å²) in [6, 6.07) is 2.04. The van der Waals surface area contributed by atoms with Gasteiger partial charge in [-0.3, -0.25) is 0 Å². The minimum absolute atomic E-state index is 0.0657. The maximum atomic E-state index is 12.8. The van der Waals surface area contributed by atoms with E-state index in [1.807, 2.05) is 0 Å². The van der Waals surface area contributed by atoms with Crippen molar-refractivity contribution in [2.24, 2.45) is 0 Å². The predicted octanol–water partition coefficient (Wildman–Crippen LogP) is 2.68. The molecule has 2 unspecified atom stereocenters. The second-order valence-corrected chi connectivity index (χ2v) is 7.54. The molecule has 1 aromatic carbocycles. The van der Waals surface area contributed by atoms with Crippen LogP contribution in [0, 0.1) is 0 Å². The standard InChI is InChI=1S/C24H34O10/c1-5-9-31-21(27)17-11-18(22(28)32-10-6-2)20(24(30)34-14-16(26)8-4)12-19(17)23(29)33-13-15(25)7-3/h11-12,15-16,25-26H,5-10,13-14H2,1-4H3. The second-order valence-electron chi connectivity index (χ2n) is 7.54. The van der Waals surface area contributed by atoms with Crippen LogP contribution in [0.4, 0.5) is 0 Å². The van der Waals surface area contributed by atoms with E-state index in [4.69, 9.17) is 18.9 Å². The van der Waals surface area contributed by atoms with Crippen molar-refractivity contribution >= 4 is 23.9 Å². The molecule has 0 saturated carbocycles. The third kappa shape index (κ3) is 8.75. The fourth-order valence-corrected chi connectivity index (χ4v) is 2.56. The van der Waals surface area contributed by atoms with Crippen molar-refractivity contribution in [1.29, 1.82) is 0 Å². The summed E-state index contributed by atoms with van der Waals surface area (Å²) in [4.78, 5) is 50.8. The molecule has 0 heterocycles. The van der Waals surface area contributed by atoms with Gasteiger partial charge in [-0.1, -0.05) is 27.7 Å². The van der Waals surface area contributed by atoms with Crippen molar-refractivity contribution in [2.45, 2.75) is 65.6 Å². The highest BCUT2D eigenvalue weighted by molar-refractivity contribution is 6.10. The Morgan fingerprint density at radius 3 is 1.18 bits per heavy atom. The fourth-order valence-electron chi connectivity index (χ4n) is 2.56. The number of carbonyl (C=O) groups is 4. The highest BCUT2D eigenvalue weighted by atomic mass is 16.6. The van der Waals surface area contributed by atoms with Gasteiger partial charge in [0.25, 0.3) is 0 Å². The Morgan fingerprint density at radius 2 is 0.912 bits per heavy atom. The monoisotopic (exact) mass is 482 g/mol. The van der Waals surface area contributed by atoms with Crippen LogP contribution in [-0.4, -0.2) is 72.7 Å². The lowest BCUT2D eigenvalue weighted by Gasteiger charge is -2.16. The minimum Gasteiger partial charge on any atom is -0.462 e. The van der Waals surface area contributed by atoms with E-state index in [1.54, 1.807) is 27.7 Å². The van der Waals surface area contributed by atoms with Crippen LogP contribution >= 0.6 is 0 Å². The number of rotatable bonds is 14. The number of aliphatic hydroxyl groups is 2. The molecule has 10 heteroatoms. The summed E-state index contributed by atoms with van der Waals surface area (Å²) in [6.45, 7) is 6.43. The zero-order chi connectivity index (χ0) is 25.7. The van der Waals surface area contributed by atoms with E-state index < -0.39 is 36.1 Å². The molecule has 190 valence electrons. The summed E-state index contributed by atoms with van der Waals surface area (Å²) in [6.07, 6.45) is -0.130. The normalized spacial score (nSPS) is 12.4. The number of esters is 4. The van der Waals surface area contributed by atoms with Gasteiger partial charge in [0.15, 0.2) is 0 Å². The second kappa shape index (κ2) is 15.0. The van der Waals surface area contributed by atoms with Gasteiger partial charge in [-0.2, -0.15) is 0 Å². The number of hydrogen-bond donors (Lipinski definition) is 2. The Kier molecular flexibility index (Phi) is 12.8. The van der Waals surface area contributed by atoms with E-state index in [2.05, 4.69) is 0 Å². The smallest absolute Gasteiger partial charge is 0.339 e. The maximum Gasteiger partial charge on any atom is 0.339 e. The molecule has 0 aliphatic carbocycles. The SMILES string of the molecule is CCCOC(=O)c1cc(C(=O)OCCC)c(C(=O)OCC(O)CC)cc1C(=O)OCC(O)CC. The lowest BCUT2D eigenvalue weighted by atomic mass is 9.97. The molecule has 1 rings (SSSR count). The molecule has 10 nitrogen and oxygen atoms in total. The van der Waals surface area contributed by atoms with Crippen LogP contribution < -0.4 is 0 Å². The lowest BCUT2D eigenvalue weighted by molar-refractivity contribution is 0.0234. The Labute approximate surface area is 199 Å². The van der Waals surface area contributed by atoms with Crippen LogP contribution in [0.2, 0.25) is 0 Å². The molecule has 1 aromatic rings. The molecular formula is C24H34O10. The molecule has 0 radical (unpaired) electrons.